The van der Waals surface area contributed by atoms with Crippen LogP contribution in [0.5, 0.6) is 0 Å². The van der Waals surface area contributed by atoms with Crippen molar-refractivity contribution in [1.82, 2.24) is 40.9 Å². The van der Waals surface area contributed by atoms with Gasteiger partial charge < -0.3 is 80.2 Å². The van der Waals surface area contributed by atoms with Gasteiger partial charge in [0.2, 0.25) is 5.91 Å². The number of thioether (sulfide) groups is 1. The molecule has 0 aliphatic carbocycles. The fraction of sp³-hybridized carbons (Fsp3) is 0.735. The smallest absolute Gasteiger partial charge is 0.317 e. The Labute approximate surface area is 454 Å². The predicted octanol–water partition coefficient (Wildman–Crippen LogP) is -1.14. The lowest BCUT2D eigenvalue weighted by atomic mass is 10.0. The van der Waals surface area contributed by atoms with E-state index < -0.39 is 36.6 Å². The Morgan fingerprint density at radius 3 is 1.83 bits per heavy atom. The summed E-state index contributed by atoms with van der Waals surface area (Å²) in [6, 6.07) is 6.39. The molecule has 0 spiro atoms. The van der Waals surface area contributed by atoms with Gasteiger partial charge in [-0.1, -0.05) is 18.6 Å². The van der Waals surface area contributed by atoms with E-state index in [2.05, 4.69) is 26.6 Å². The number of carboxylic acid groups (broad SMARTS) is 3. The fourth-order valence-corrected chi connectivity index (χ4v) is 10.6. The maximum absolute atomic E-state index is 12.1. The van der Waals surface area contributed by atoms with Crippen LogP contribution in [0.1, 0.15) is 31.2 Å². The molecule has 27 heteroatoms. The molecule has 5 atom stereocenters. The number of amides is 3. The number of fused-ring (bicyclic) bond motifs is 1. The van der Waals surface area contributed by atoms with Crippen molar-refractivity contribution >= 4 is 70.9 Å². The van der Waals surface area contributed by atoms with Crippen LogP contribution in [0.4, 0.5) is 10.5 Å². The zero-order chi connectivity index (χ0) is 54.8. The van der Waals surface area contributed by atoms with E-state index in [4.69, 9.17) is 40.6 Å². The van der Waals surface area contributed by atoms with Crippen molar-refractivity contribution in [2.45, 2.75) is 61.5 Å². The van der Waals surface area contributed by atoms with Crippen LogP contribution in [0.15, 0.2) is 24.3 Å². The normalized spacial score (nSPS) is 20.4. The van der Waals surface area contributed by atoms with Crippen molar-refractivity contribution in [3.63, 3.8) is 0 Å². The molecular weight excluding hydrogens is 1030 g/mol. The number of urea groups is 1. The first kappa shape index (κ1) is 64.2. The Balaban J connectivity index is 0.989. The number of carboxylic acids is 3. The third-order valence-electron chi connectivity index (χ3n) is 12.7. The van der Waals surface area contributed by atoms with Gasteiger partial charge in [0.1, 0.15) is 6.29 Å². The molecule has 3 aliphatic heterocycles. The Bertz CT molecular complexity index is 1880. The van der Waals surface area contributed by atoms with E-state index in [0.717, 1.165) is 30.6 Å². The third kappa shape index (κ3) is 27.3. The molecule has 25 nitrogen and oxygen atoms in total. The second kappa shape index (κ2) is 38.2. The highest BCUT2D eigenvalue weighted by molar-refractivity contribution is 8.00. The first-order valence-electron chi connectivity index (χ1n) is 26.0. The molecule has 3 saturated heterocycles. The molecule has 9 N–H and O–H groups in total. The molecule has 5 unspecified atom stereocenters. The SMILES string of the molecule is O=CC(CO)N1CCN(CC(=O)O)CCN(CC(=O)O)CC(Cc2ccc(NC(=S)NCCOCCOCCOCCOCCOCCOCCNC(=O)CCCCC3SCC4NC(=O)NC43)cc2)N(CC(=O)O)CC1. The largest absolute Gasteiger partial charge is 0.480 e. The minimum Gasteiger partial charge on any atom is -0.480 e. The molecule has 1 aromatic carbocycles. The monoisotopic (exact) mass is 1120 g/mol. The van der Waals surface area contributed by atoms with Gasteiger partial charge in [-0.15, -0.1) is 0 Å². The molecule has 3 fully saturated rings. The number of nitrogens with one attached hydrogen (secondary N) is 5. The summed E-state index contributed by atoms with van der Waals surface area (Å²) in [5, 5.41) is 55.0. The maximum Gasteiger partial charge on any atom is 0.317 e. The molecular formula is C49H81N9O16S2. The molecule has 3 aliphatic rings. The van der Waals surface area contributed by atoms with Crippen molar-refractivity contribution in [2.24, 2.45) is 0 Å². The van der Waals surface area contributed by atoms with E-state index >= 15 is 0 Å². The average molecular weight is 1120 g/mol. The van der Waals surface area contributed by atoms with Crippen LogP contribution in [-0.2, 0) is 58.8 Å². The Morgan fingerprint density at radius 1 is 0.711 bits per heavy atom. The van der Waals surface area contributed by atoms with E-state index in [0.29, 0.717) is 128 Å². The minimum absolute atomic E-state index is 0.0193. The maximum atomic E-state index is 12.1. The number of ether oxygens (including phenoxy) is 6. The van der Waals surface area contributed by atoms with Gasteiger partial charge in [0.25, 0.3) is 0 Å². The van der Waals surface area contributed by atoms with Crippen LogP contribution in [-0.4, -0.2) is 281 Å². The summed E-state index contributed by atoms with van der Waals surface area (Å²) in [7, 11) is 0. The average Bonchev–Trinajstić information content (AvgIpc) is 3.95. The molecule has 0 aromatic heterocycles. The highest BCUT2D eigenvalue weighted by atomic mass is 32.2. The van der Waals surface area contributed by atoms with Gasteiger partial charge in [0.05, 0.1) is 124 Å². The third-order valence-corrected chi connectivity index (χ3v) is 14.4. The molecule has 0 saturated carbocycles. The van der Waals surface area contributed by atoms with Gasteiger partial charge in [-0.3, -0.25) is 38.8 Å². The highest BCUT2D eigenvalue weighted by Gasteiger charge is 2.42. The summed E-state index contributed by atoms with van der Waals surface area (Å²) >= 11 is 7.35. The molecule has 0 radical (unpaired) electrons. The summed E-state index contributed by atoms with van der Waals surface area (Å²) in [6.07, 6.45) is 4.20. The number of aldehydes is 1. The van der Waals surface area contributed by atoms with Crippen LogP contribution in [0, 0.1) is 0 Å². The molecule has 4 rings (SSSR count). The summed E-state index contributed by atoms with van der Waals surface area (Å²) in [5.74, 6) is -2.26. The molecule has 430 valence electrons. The number of unbranched alkanes of at least 4 members (excludes halogenated alkanes) is 1. The summed E-state index contributed by atoms with van der Waals surface area (Å²) in [5.41, 5.74) is 1.55. The number of aliphatic hydroxyl groups is 1. The lowest BCUT2D eigenvalue weighted by Gasteiger charge is -2.38. The number of carbonyl (C=O) groups is 6. The second-order valence-electron chi connectivity index (χ2n) is 18.4. The van der Waals surface area contributed by atoms with Gasteiger partial charge in [0, 0.05) is 88.1 Å². The Hall–Kier alpha value is -4.36. The standard InChI is InChI=1S/C49H81N9O16S2/c59-34-40(35-60)57-14-13-55(31-44(62)63)11-12-56(32-45(64)65)30-39(58(16-15-57)33-46(66)67)29-37-5-7-38(8-6-37)52-49(75)51-10-18-70-20-22-72-24-26-74-28-27-73-25-23-71-21-19-69-17-9-50-43(61)4-2-1-3-42-47-41(36-76-42)53-48(68)54-47/h5-8,34,39-42,47,60H,1-4,9-33,35-36H2,(H,50,61)(H,62,63)(H,64,65)(H,66,67)(H2,51,52,75)(H2,53,54,68). The first-order chi connectivity index (χ1) is 36.8. The number of hydrogen-bond acceptors (Lipinski definition) is 19. The van der Waals surface area contributed by atoms with E-state index in [-0.39, 0.29) is 89.5 Å². The number of nitrogens with zero attached hydrogens (tertiary/aromatic N) is 4. The van der Waals surface area contributed by atoms with Gasteiger partial charge in [0.15, 0.2) is 5.11 Å². The van der Waals surface area contributed by atoms with Gasteiger partial charge in [-0.2, -0.15) is 11.8 Å². The topological polar surface area (TPSA) is 312 Å². The number of benzene rings is 1. The predicted molar refractivity (Wildman–Crippen MR) is 286 cm³/mol. The quantitative estimate of drug-likeness (QED) is 0.0164. The lowest BCUT2D eigenvalue weighted by molar-refractivity contribution is -0.141. The van der Waals surface area contributed by atoms with Crippen molar-refractivity contribution in [3.05, 3.63) is 29.8 Å². The minimum atomic E-state index is -1.08. The summed E-state index contributed by atoms with van der Waals surface area (Å²) in [4.78, 5) is 78.1. The Kier molecular flexibility index (Phi) is 32.3. The number of anilines is 1. The van der Waals surface area contributed by atoms with Crippen molar-refractivity contribution < 1.29 is 77.6 Å². The second-order valence-corrected chi connectivity index (χ2v) is 20.1. The molecule has 76 heavy (non-hydrogen) atoms. The van der Waals surface area contributed by atoms with E-state index in [1.165, 1.54) is 0 Å². The lowest BCUT2D eigenvalue weighted by Crippen LogP contribution is -2.54. The van der Waals surface area contributed by atoms with Crippen LogP contribution >= 0.6 is 24.0 Å². The van der Waals surface area contributed by atoms with Gasteiger partial charge in [-0.05, 0) is 49.2 Å². The summed E-state index contributed by atoms with van der Waals surface area (Å²) in [6.45, 7) is 5.87. The highest BCUT2D eigenvalue weighted by Crippen LogP contribution is 2.33. The van der Waals surface area contributed by atoms with Gasteiger partial charge >= 0.3 is 23.9 Å². The van der Waals surface area contributed by atoms with Crippen LogP contribution in [0.2, 0.25) is 0 Å². The van der Waals surface area contributed by atoms with Crippen molar-refractivity contribution in [1.29, 1.82) is 0 Å². The number of hydrogen-bond donors (Lipinski definition) is 9. The van der Waals surface area contributed by atoms with E-state index in [1.54, 1.807) is 19.6 Å². The zero-order valence-electron chi connectivity index (χ0n) is 43.5. The first-order valence-corrected chi connectivity index (χ1v) is 27.5. The number of aliphatic carboxylic acids is 3. The summed E-state index contributed by atoms with van der Waals surface area (Å²) < 4.78 is 33.3. The number of aliphatic hydroxyl groups excluding tert-OH is 1. The van der Waals surface area contributed by atoms with Crippen LogP contribution < -0.4 is 26.6 Å². The zero-order valence-corrected chi connectivity index (χ0v) is 45.1. The van der Waals surface area contributed by atoms with Gasteiger partial charge in [-0.25, -0.2) is 4.79 Å². The van der Waals surface area contributed by atoms with E-state index in [9.17, 15) is 49.2 Å². The Morgan fingerprint density at radius 2 is 1.25 bits per heavy atom. The van der Waals surface area contributed by atoms with Crippen molar-refractivity contribution in [2.75, 3.05) is 175 Å². The van der Waals surface area contributed by atoms with Crippen LogP contribution in [0.25, 0.3) is 0 Å². The number of thiocarbonyl (C=S) groups is 1. The number of carbonyl (C=O) groups excluding carboxylic acids is 3. The molecule has 1 aromatic rings. The van der Waals surface area contributed by atoms with E-state index in [1.807, 2.05) is 36.0 Å². The van der Waals surface area contributed by atoms with Crippen molar-refractivity contribution in [3.8, 4) is 0 Å². The van der Waals surface area contributed by atoms with Crippen LogP contribution in [0.3, 0.4) is 0 Å². The molecule has 3 amide bonds. The molecule has 0 bridgehead atoms. The molecule has 3 heterocycles. The number of rotatable bonds is 38. The fourth-order valence-electron chi connectivity index (χ4n) is 8.79.